The fourth-order valence-electron chi connectivity index (χ4n) is 2.08. The molecule has 0 aliphatic carbocycles. The van der Waals surface area contributed by atoms with Gasteiger partial charge < -0.3 is 14.6 Å². The SMILES string of the molecule is COc1c(O)cc(C)c2c1C(=O)OC(C)C2. The van der Waals surface area contributed by atoms with Gasteiger partial charge in [0.2, 0.25) is 0 Å². The number of benzene rings is 1. The van der Waals surface area contributed by atoms with Crippen molar-refractivity contribution in [2.24, 2.45) is 0 Å². The van der Waals surface area contributed by atoms with Crippen molar-refractivity contribution in [1.82, 2.24) is 0 Å². The number of methoxy groups -OCH3 is 1. The number of phenols is 1. The van der Waals surface area contributed by atoms with Crippen LogP contribution in [0.3, 0.4) is 0 Å². The van der Waals surface area contributed by atoms with Crippen molar-refractivity contribution in [2.45, 2.75) is 26.4 Å². The number of hydrogen-bond acceptors (Lipinski definition) is 4. The third kappa shape index (κ3) is 1.50. The predicted molar refractivity (Wildman–Crippen MR) is 58.0 cm³/mol. The number of carbonyl (C=O) groups excluding carboxylic acids is 1. The summed E-state index contributed by atoms with van der Waals surface area (Å²) >= 11 is 0. The fourth-order valence-corrected chi connectivity index (χ4v) is 2.08. The van der Waals surface area contributed by atoms with Crippen LogP contribution < -0.4 is 4.74 Å². The number of ether oxygens (including phenoxy) is 2. The molecule has 0 fully saturated rings. The standard InChI is InChI=1S/C12H14O4/c1-6-4-9(13)11(15-3)10-8(6)5-7(2)16-12(10)14/h4,7,13H,5H2,1-3H3. The molecule has 1 heterocycles. The zero-order valence-electron chi connectivity index (χ0n) is 9.53. The van der Waals surface area contributed by atoms with E-state index in [9.17, 15) is 9.90 Å². The first kappa shape index (κ1) is 10.8. The Labute approximate surface area is 93.8 Å². The second-order valence-corrected chi connectivity index (χ2v) is 4.02. The molecule has 1 atom stereocenters. The summed E-state index contributed by atoms with van der Waals surface area (Å²) in [6.07, 6.45) is 0.525. The van der Waals surface area contributed by atoms with Gasteiger partial charge in [0.15, 0.2) is 11.5 Å². The summed E-state index contributed by atoms with van der Waals surface area (Å²) in [5, 5.41) is 9.70. The van der Waals surface area contributed by atoms with Crippen LogP contribution in [0.4, 0.5) is 0 Å². The van der Waals surface area contributed by atoms with Crippen LogP contribution in [-0.2, 0) is 11.2 Å². The van der Waals surface area contributed by atoms with Gasteiger partial charge in [-0.15, -0.1) is 0 Å². The minimum atomic E-state index is -0.426. The Morgan fingerprint density at radius 1 is 1.56 bits per heavy atom. The van der Waals surface area contributed by atoms with E-state index >= 15 is 0 Å². The smallest absolute Gasteiger partial charge is 0.342 e. The zero-order chi connectivity index (χ0) is 11.9. The lowest BCUT2D eigenvalue weighted by Crippen LogP contribution is -2.26. The monoisotopic (exact) mass is 222 g/mol. The van der Waals surface area contributed by atoms with Crippen molar-refractivity contribution in [2.75, 3.05) is 7.11 Å². The van der Waals surface area contributed by atoms with Crippen LogP contribution >= 0.6 is 0 Å². The number of fused-ring (bicyclic) bond motifs is 1. The number of aryl methyl sites for hydroxylation is 1. The number of rotatable bonds is 1. The summed E-state index contributed by atoms with van der Waals surface area (Å²) in [6.45, 7) is 3.71. The molecule has 1 aliphatic heterocycles. The molecular formula is C12H14O4. The van der Waals surface area contributed by atoms with Gasteiger partial charge in [0.1, 0.15) is 11.7 Å². The highest BCUT2D eigenvalue weighted by atomic mass is 16.5. The summed E-state index contributed by atoms with van der Waals surface area (Å²) in [5.41, 5.74) is 2.15. The van der Waals surface area contributed by atoms with Gasteiger partial charge in [-0.05, 0) is 31.0 Å². The number of phenolic OH excluding ortho intramolecular Hbond substituents is 1. The highest BCUT2D eigenvalue weighted by Gasteiger charge is 2.30. The molecule has 86 valence electrons. The summed E-state index contributed by atoms with van der Waals surface area (Å²) in [4.78, 5) is 11.8. The van der Waals surface area contributed by atoms with E-state index in [2.05, 4.69) is 0 Å². The second-order valence-electron chi connectivity index (χ2n) is 4.02. The van der Waals surface area contributed by atoms with E-state index in [1.54, 1.807) is 6.07 Å². The lowest BCUT2D eigenvalue weighted by molar-refractivity contribution is 0.0295. The summed E-state index contributed by atoms with van der Waals surface area (Å²) in [5.74, 6) is -0.243. The lowest BCUT2D eigenvalue weighted by Gasteiger charge is -2.25. The highest BCUT2D eigenvalue weighted by molar-refractivity contribution is 5.96. The maximum Gasteiger partial charge on any atom is 0.342 e. The third-order valence-corrected chi connectivity index (χ3v) is 2.80. The first-order chi connectivity index (χ1) is 7.54. The summed E-state index contributed by atoms with van der Waals surface area (Å²) in [6, 6.07) is 1.61. The lowest BCUT2D eigenvalue weighted by atomic mass is 9.93. The van der Waals surface area contributed by atoms with Crippen LogP contribution in [0.5, 0.6) is 11.5 Å². The fraction of sp³-hybridized carbons (Fsp3) is 0.417. The van der Waals surface area contributed by atoms with Crippen molar-refractivity contribution in [3.63, 3.8) is 0 Å². The van der Waals surface area contributed by atoms with Crippen molar-refractivity contribution < 1.29 is 19.4 Å². The van der Waals surface area contributed by atoms with Gasteiger partial charge >= 0.3 is 5.97 Å². The molecule has 0 bridgehead atoms. The molecular weight excluding hydrogens is 208 g/mol. The molecule has 0 aromatic heterocycles. The molecule has 1 aromatic rings. The molecule has 2 rings (SSSR count). The number of esters is 1. The maximum atomic E-state index is 11.8. The molecule has 0 radical (unpaired) electrons. The average molecular weight is 222 g/mol. The normalized spacial score (nSPS) is 18.9. The molecule has 1 aliphatic rings. The van der Waals surface area contributed by atoms with E-state index in [1.165, 1.54) is 7.11 Å². The van der Waals surface area contributed by atoms with Gasteiger partial charge in [-0.3, -0.25) is 0 Å². The zero-order valence-corrected chi connectivity index (χ0v) is 9.53. The Kier molecular flexibility index (Phi) is 2.50. The van der Waals surface area contributed by atoms with Crippen molar-refractivity contribution in [3.8, 4) is 11.5 Å². The summed E-state index contributed by atoms with van der Waals surface area (Å²) < 4.78 is 10.2. The van der Waals surface area contributed by atoms with Crippen LogP contribution in [-0.4, -0.2) is 24.3 Å². The Morgan fingerprint density at radius 3 is 2.88 bits per heavy atom. The largest absolute Gasteiger partial charge is 0.504 e. The van der Waals surface area contributed by atoms with E-state index in [4.69, 9.17) is 9.47 Å². The molecule has 1 aromatic carbocycles. The van der Waals surface area contributed by atoms with Crippen LogP contribution in [0.15, 0.2) is 6.07 Å². The molecule has 0 saturated carbocycles. The molecule has 16 heavy (non-hydrogen) atoms. The van der Waals surface area contributed by atoms with Gasteiger partial charge in [-0.1, -0.05) is 0 Å². The highest BCUT2D eigenvalue weighted by Crippen LogP contribution is 2.38. The number of aromatic hydroxyl groups is 1. The molecule has 0 saturated heterocycles. The first-order valence-electron chi connectivity index (χ1n) is 5.15. The minimum absolute atomic E-state index is 0.0229. The molecule has 4 nitrogen and oxygen atoms in total. The van der Waals surface area contributed by atoms with Crippen LogP contribution in [0.1, 0.15) is 28.4 Å². The molecule has 0 spiro atoms. The van der Waals surface area contributed by atoms with E-state index < -0.39 is 5.97 Å². The van der Waals surface area contributed by atoms with Gasteiger partial charge in [0, 0.05) is 6.42 Å². The van der Waals surface area contributed by atoms with Crippen LogP contribution in [0.25, 0.3) is 0 Å². The Bertz CT molecular complexity index is 451. The average Bonchev–Trinajstić information content (AvgIpc) is 2.20. The van der Waals surface area contributed by atoms with Crippen LogP contribution in [0.2, 0.25) is 0 Å². The van der Waals surface area contributed by atoms with E-state index in [0.29, 0.717) is 12.0 Å². The maximum absolute atomic E-state index is 11.8. The Morgan fingerprint density at radius 2 is 2.25 bits per heavy atom. The van der Waals surface area contributed by atoms with Gasteiger partial charge in [-0.25, -0.2) is 4.79 Å². The summed E-state index contributed by atoms with van der Waals surface area (Å²) in [7, 11) is 1.43. The third-order valence-electron chi connectivity index (χ3n) is 2.80. The van der Waals surface area contributed by atoms with Crippen molar-refractivity contribution in [1.29, 1.82) is 0 Å². The quantitative estimate of drug-likeness (QED) is 0.736. The second kappa shape index (κ2) is 3.70. The molecule has 4 heteroatoms. The van der Waals surface area contributed by atoms with Gasteiger partial charge in [0.25, 0.3) is 0 Å². The molecule has 1 N–H and O–H groups in total. The van der Waals surface area contributed by atoms with Gasteiger partial charge in [0.05, 0.1) is 7.11 Å². The number of carbonyl (C=O) groups is 1. The van der Waals surface area contributed by atoms with E-state index in [0.717, 1.165) is 11.1 Å². The van der Waals surface area contributed by atoms with Crippen molar-refractivity contribution >= 4 is 5.97 Å². The number of hydrogen-bond donors (Lipinski definition) is 1. The Balaban J connectivity index is 2.69. The van der Waals surface area contributed by atoms with Crippen molar-refractivity contribution in [3.05, 3.63) is 22.8 Å². The Hall–Kier alpha value is -1.71. The van der Waals surface area contributed by atoms with E-state index in [1.807, 2.05) is 13.8 Å². The minimum Gasteiger partial charge on any atom is -0.504 e. The number of cyclic esters (lactones) is 1. The van der Waals surface area contributed by atoms with Gasteiger partial charge in [-0.2, -0.15) is 0 Å². The molecule has 0 amide bonds. The van der Waals surface area contributed by atoms with Crippen LogP contribution in [0, 0.1) is 6.92 Å². The topological polar surface area (TPSA) is 55.8 Å². The van der Waals surface area contributed by atoms with E-state index in [-0.39, 0.29) is 17.6 Å². The molecule has 1 unspecified atom stereocenters. The predicted octanol–water partition coefficient (Wildman–Crippen LogP) is 1.81. The first-order valence-corrected chi connectivity index (χ1v) is 5.15.